The van der Waals surface area contributed by atoms with E-state index in [2.05, 4.69) is 17.2 Å². The molecule has 3 rings (SSSR count). The van der Waals surface area contributed by atoms with E-state index in [9.17, 15) is 0 Å². The number of aromatic nitrogens is 1. The zero-order chi connectivity index (χ0) is 14.2. The van der Waals surface area contributed by atoms with Crippen molar-refractivity contribution in [3.63, 3.8) is 0 Å². The highest BCUT2D eigenvalue weighted by atomic mass is 32.1. The van der Waals surface area contributed by atoms with Crippen LogP contribution in [0.2, 0.25) is 0 Å². The van der Waals surface area contributed by atoms with E-state index in [0.717, 1.165) is 35.3 Å². The van der Waals surface area contributed by atoms with Crippen LogP contribution in [0, 0.1) is 0 Å². The Kier molecular flexibility index (Phi) is 3.31. The molecule has 0 saturated carbocycles. The van der Waals surface area contributed by atoms with Crippen LogP contribution in [0.4, 0.5) is 5.82 Å². The fraction of sp³-hybridized carbons (Fsp3) is 0.333. The van der Waals surface area contributed by atoms with Crippen LogP contribution < -0.4 is 11.1 Å². The topological polar surface area (TPSA) is 60.2 Å². The van der Waals surface area contributed by atoms with E-state index in [4.69, 9.17) is 22.7 Å². The van der Waals surface area contributed by atoms with Crippen molar-refractivity contribution in [3.8, 4) is 0 Å². The van der Waals surface area contributed by atoms with Crippen LogP contribution in [0.1, 0.15) is 18.9 Å². The van der Waals surface area contributed by atoms with Crippen molar-refractivity contribution in [2.24, 2.45) is 5.73 Å². The molecule has 3 N–H and O–H groups in total. The fourth-order valence-electron chi connectivity index (χ4n) is 2.52. The van der Waals surface area contributed by atoms with Crippen molar-refractivity contribution in [1.29, 1.82) is 0 Å². The first-order valence-corrected chi connectivity index (χ1v) is 7.04. The number of ether oxygens (including phenoxy) is 1. The van der Waals surface area contributed by atoms with Crippen molar-refractivity contribution in [3.05, 3.63) is 35.9 Å². The molecule has 0 bridgehead atoms. The summed E-state index contributed by atoms with van der Waals surface area (Å²) in [6, 6.07) is 9.80. The van der Waals surface area contributed by atoms with Gasteiger partial charge in [-0.25, -0.2) is 4.98 Å². The number of anilines is 1. The molecular weight excluding hydrogens is 270 g/mol. The van der Waals surface area contributed by atoms with E-state index in [1.165, 1.54) is 0 Å². The highest BCUT2D eigenvalue weighted by Gasteiger charge is 2.30. The van der Waals surface area contributed by atoms with E-state index in [1.54, 1.807) is 0 Å². The second-order valence-electron chi connectivity index (χ2n) is 5.42. The van der Waals surface area contributed by atoms with Gasteiger partial charge in [0, 0.05) is 17.6 Å². The summed E-state index contributed by atoms with van der Waals surface area (Å²) in [7, 11) is 0. The molecule has 0 radical (unpaired) electrons. The quantitative estimate of drug-likeness (QED) is 0.849. The first-order valence-electron chi connectivity index (χ1n) is 6.63. The van der Waals surface area contributed by atoms with Gasteiger partial charge in [0.25, 0.3) is 0 Å². The maximum absolute atomic E-state index is 5.84. The van der Waals surface area contributed by atoms with Gasteiger partial charge < -0.3 is 15.8 Å². The van der Waals surface area contributed by atoms with Crippen LogP contribution in [0.5, 0.6) is 0 Å². The Morgan fingerprint density at radius 3 is 2.95 bits per heavy atom. The lowest BCUT2D eigenvalue weighted by atomic mass is 10.0. The predicted molar refractivity (Wildman–Crippen MR) is 85.1 cm³/mol. The first kappa shape index (κ1) is 13.3. The molecule has 1 aliphatic rings. The summed E-state index contributed by atoms with van der Waals surface area (Å²) >= 11 is 5.16. The lowest BCUT2D eigenvalue weighted by Gasteiger charge is -2.24. The Labute approximate surface area is 123 Å². The number of thiocarbonyl (C=S) groups is 1. The Hall–Kier alpha value is -1.72. The molecule has 0 aliphatic carbocycles. The lowest BCUT2D eigenvalue weighted by molar-refractivity contribution is 0.185. The van der Waals surface area contributed by atoms with Gasteiger partial charge in [0.05, 0.1) is 17.7 Å². The Balaban J connectivity index is 2.05. The minimum atomic E-state index is -0.0804. The average Bonchev–Trinajstić information content (AvgIpc) is 2.84. The Bertz CT molecular complexity index is 665. The first-order chi connectivity index (χ1) is 9.57. The van der Waals surface area contributed by atoms with Gasteiger partial charge in [0.1, 0.15) is 10.8 Å². The van der Waals surface area contributed by atoms with Gasteiger partial charge in [0.15, 0.2) is 0 Å². The molecule has 1 atom stereocenters. The molecule has 5 heteroatoms. The summed E-state index contributed by atoms with van der Waals surface area (Å²) < 4.78 is 5.46. The van der Waals surface area contributed by atoms with Gasteiger partial charge in [0.2, 0.25) is 0 Å². The molecule has 0 amide bonds. The third kappa shape index (κ3) is 2.46. The normalized spacial score (nSPS) is 22.1. The van der Waals surface area contributed by atoms with Gasteiger partial charge >= 0.3 is 0 Å². The van der Waals surface area contributed by atoms with Crippen LogP contribution in [-0.4, -0.2) is 28.7 Å². The molecule has 2 heterocycles. The van der Waals surface area contributed by atoms with Crippen molar-refractivity contribution < 1.29 is 4.74 Å². The number of benzene rings is 1. The van der Waals surface area contributed by atoms with Gasteiger partial charge in [-0.1, -0.05) is 30.4 Å². The van der Waals surface area contributed by atoms with E-state index in [0.29, 0.717) is 11.6 Å². The standard InChI is InChI=1S/C15H17N3OS/c1-15(6-7-19-9-15)18-13-8-11(14(16)20)10-4-2-3-5-12(10)17-13/h2-5,8H,6-7,9H2,1H3,(H2,16,20)(H,17,18). The SMILES string of the molecule is CC1(Nc2cc(C(N)=S)c3ccccc3n2)CCOC1. The van der Waals surface area contributed by atoms with Crippen molar-refractivity contribution in [2.45, 2.75) is 18.9 Å². The molecule has 1 saturated heterocycles. The third-order valence-electron chi connectivity index (χ3n) is 3.63. The molecule has 20 heavy (non-hydrogen) atoms. The summed E-state index contributed by atoms with van der Waals surface area (Å²) in [5.41, 5.74) is 7.51. The van der Waals surface area contributed by atoms with Crippen molar-refractivity contribution >= 4 is 33.9 Å². The van der Waals surface area contributed by atoms with Gasteiger partial charge in [-0.2, -0.15) is 0 Å². The fourth-order valence-corrected chi connectivity index (χ4v) is 2.69. The zero-order valence-electron chi connectivity index (χ0n) is 11.3. The number of para-hydroxylation sites is 1. The minimum Gasteiger partial charge on any atom is -0.389 e. The van der Waals surface area contributed by atoms with Gasteiger partial charge in [-0.15, -0.1) is 0 Å². The molecule has 1 unspecified atom stereocenters. The summed E-state index contributed by atoms with van der Waals surface area (Å²) in [6.45, 7) is 3.60. The molecule has 104 valence electrons. The maximum atomic E-state index is 5.84. The second kappa shape index (κ2) is 5.00. The smallest absolute Gasteiger partial charge is 0.127 e. The molecule has 1 aliphatic heterocycles. The Morgan fingerprint density at radius 1 is 1.45 bits per heavy atom. The van der Waals surface area contributed by atoms with Gasteiger partial charge in [-0.05, 0) is 25.5 Å². The highest BCUT2D eigenvalue weighted by molar-refractivity contribution is 7.80. The Morgan fingerprint density at radius 2 is 2.25 bits per heavy atom. The van der Waals surface area contributed by atoms with E-state index in [-0.39, 0.29) is 5.54 Å². The molecule has 1 aromatic heterocycles. The number of fused-ring (bicyclic) bond motifs is 1. The average molecular weight is 287 g/mol. The van der Waals surface area contributed by atoms with Crippen molar-refractivity contribution in [2.75, 3.05) is 18.5 Å². The number of nitrogens with zero attached hydrogens (tertiary/aromatic N) is 1. The molecule has 1 fully saturated rings. The minimum absolute atomic E-state index is 0.0804. The van der Waals surface area contributed by atoms with Crippen LogP contribution >= 0.6 is 12.2 Å². The summed E-state index contributed by atoms with van der Waals surface area (Å²) in [5.74, 6) is 0.791. The monoisotopic (exact) mass is 287 g/mol. The van der Waals surface area contributed by atoms with Crippen LogP contribution in [0.15, 0.2) is 30.3 Å². The summed E-state index contributed by atoms with van der Waals surface area (Å²) in [4.78, 5) is 5.03. The van der Waals surface area contributed by atoms with Gasteiger partial charge in [-0.3, -0.25) is 0 Å². The molecule has 0 spiro atoms. The maximum Gasteiger partial charge on any atom is 0.127 e. The molecular formula is C15H17N3OS. The van der Waals surface area contributed by atoms with Crippen molar-refractivity contribution in [1.82, 2.24) is 4.98 Å². The number of nitrogens with one attached hydrogen (secondary N) is 1. The van der Waals surface area contributed by atoms with E-state index < -0.39 is 0 Å². The number of pyridine rings is 1. The van der Waals surface area contributed by atoms with Crippen LogP contribution in [-0.2, 0) is 4.74 Å². The number of nitrogens with two attached hydrogens (primary N) is 1. The third-order valence-corrected chi connectivity index (χ3v) is 3.85. The van der Waals surface area contributed by atoms with Crippen LogP contribution in [0.25, 0.3) is 10.9 Å². The predicted octanol–water partition coefficient (Wildman–Crippen LogP) is 2.46. The summed E-state index contributed by atoms with van der Waals surface area (Å²) in [5, 5.41) is 4.44. The summed E-state index contributed by atoms with van der Waals surface area (Å²) in [6.07, 6.45) is 0.962. The lowest BCUT2D eigenvalue weighted by Crippen LogP contribution is -2.35. The zero-order valence-corrected chi connectivity index (χ0v) is 12.2. The number of hydrogen-bond acceptors (Lipinski definition) is 4. The number of rotatable bonds is 3. The largest absolute Gasteiger partial charge is 0.389 e. The van der Waals surface area contributed by atoms with Crippen LogP contribution in [0.3, 0.4) is 0 Å². The number of hydrogen-bond donors (Lipinski definition) is 2. The van der Waals surface area contributed by atoms with E-state index in [1.807, 2.05) is 30.3 Å². The second-order valence-corrected chi connectivity index (χ2v) is 5.86. The highest BCUT2D eigenvalue weighted by Crippen LogP contribution is 2.26. The van der Waals surface area contributed by atoms with E-state index >= 15 is 0 Å². The molecule has 4 nitrogen and oxygen atoms in total. The molecule has 1 aromatic carbocycles. The molecule has 2 aromatic rings.